The Bertz CT molecular complexity index is 1050. The maximum atomic E-state index is 13.7. The highest BCUT2D eigenvalue weighted by Crippen LogP contribution is 2.47. The van der Waals surface area contributed by atoms with Gasteiger partial charge in [-0.05, 0) is 119 Å². The first-order chi connectivity index (χ1) is 22.0. The highest BCUT2D eigenvalue weighted by molar-refractivity contribution is 5.76. The smallest absolute Gasteiger partial charge is 0.311 e. The van der Waals surface area contributed by atoms with Crippen LogP contribution in [0, 0.1) is 16.7 Å². The monoisotopic (exact) mass is 676 g/mol. The Labute approximate surface area is 296 Å². The van der Waals surface area contributed by atoms with E-state index in [0.717, 1.165) is 71.2 Å². The van der Waals surface area contributed by atoms with Crippen LogP contribution in [-0.2, 0) is 19.1 Å². The molecule has 7 heteroatoms. The molecule has 0 radical (unpaired) electrons. The number of hydroxylamine groups is 2. The van der Waals surface area contributed by atoms with Gasteiger partial charge in [0.05, 0.1) is 18.1 Å². The summed E-state index contributed by atoms with van der Waals surface area (Å²) in [6, 6.07) is 0.457. The summed E-state index contributed by atoms with van der Waals surface area (Å²) < 4.78 is 13.4. The van der Waals surface area contributed by atoms with Gasteiger partial charge in [0, 0.05) is 48.6 Å². The minimum Gasteiger partial charge on any atom is -0.462 e. The number of carbonyl (C=O) groups is 1. The van der Waals surface area contributed by atoms with E-state index in [4.69, 9.17) is 14.3 Å². The zero-order chi connectivity index (χ0) is 36.3. The quantitative estimate of drug-likeness (QED) is 0.112. The summed E-state index contributed by atoms with van der Waals surface area (Å²) >= 11 is 0. The van der Waals surface area contributed by atoms with Crippen molar-refractivity contribution in [2.75, 3.05) is 26.2 Å². The summed E-state index contributed by atoms with van der Waals surface area (Å²) in [7, 11) is 0. The molecule has 4 atom stereocenters. The van der Waals surface area contributed by atoms with Crippen LogP contribution in [0.15, 0.2) is 12.7 Å². The summed E-state index contributed by atoms with van der Waals surface area (Å²) in [5.41, 5.74) is -1.26. The Kier molecular flexibility index (Phi) is 13.6. The van der Waals surface area contributed by atoms with Gasteiger partial charge in [0.1, 0.15) is 11.8 Å². The van der Waals surface area contributed by atoms with Crippen LogP contribution in [0.2, 0.25) is 0 Å². The molecular weight excluding hydrogens is 598 g/mol. The second kappa shape index (κ2) is 15.7. The Morgan fingerprint density at radius 2 is 1.62 bits per heavy atom. The van der Waals surface area contributed by atoms with E-state index in [1.807, 2.05) is 19.9 Å². The Hall–Kier alpha value is -0.990. The van der Waals surface area contributed by atoms with Crippen LogP contribution in [0.4, 0.5) is 0 Å². The average Bonchev–Trinajstić information content (AvgIpc) is 3.28. The normalized spacial score (nSPS) is 28.7. The van der Waals surface area contributed by atoms with E-state index in [2.05, 4.69) is 105 Å². The molecule has 0 amide bonds. The van der Waals surface area contributed by atoms with Gasteiger partial charge in [0.15, 0.2) is 0 Å². The fourth-order valence-electron chi connectivity index (χ4n) is 9.59. The van der Waals surface area contributed by atoms with E-state index in [1.165, 1.54) is 12.8 Å². The Morgan fingerprint density at radius 3 is 2.19 bits per heavy atom. The second-order valence-electron chi connectivity index (χ2n) is 19.5. The molecule has 0 saturated carbocycles. The fourth-order valence-corrected chi connectivity index (χ4v) is 9.59. The van der Waals surface area contributed by atoms with Crippen molar-refractivity contribution in [3.05, 3.63) is 12.7 Å². The SMILES string of the molecule is C=CCCC(C)(C)CC(C)(C)C(=O)OC1CC(C)(C)N2CC(CN(CCCC)C3CC(C)(C)N(OCC(C)CC)C(C)(C)C3)OC2(C)C1. The molecule has 3 rings (SSSR count). The molecule has 280 valence electrons. The van der Waals surface area contributed by atoms with Crippen molar-refractivity contribution in [3.63, 3.8) is 0 Å². The standard InChI is InChI=1S/C41H77N3O4/c1-16-19-21-36(5,6)30-37(7,8)35(45)47-33-25-38(9,10)43-28-34(48-41(43,15)26-33)27-42(22-20-17-2)32-23-39(11,12)44(40(13,14)24-32)46-29-31(4)18-3/h16,31-34H,1,17-30H2,2-15H3. The van der Waals surface area contributed by atoms with E-state index >= 15 is 0 Å². The summed E-state index contributed by atoms with van der Waals surface area (Å²) in [5.74, 6) is 0.463. The van der Waals surface area contributed by atoms with E-state index in [9.17, 15) is 4.79 Å². The maximum absolute atomic E-state index is 13.7. The third-order valence-electron chi connectivity index (χ3n) is 11.7. The number of hydrogen-bond acceptors (Lipinski definition) is 7. The summed E-state index contributed by atoms with van der Waals surface area (Å²) in [6.07, 6.45) is 11.8. The van der Waals surface area contributed by atoms with E-state index in [-0.39, 0.29) is 40.2 Å². The summed E-state index contributed by atoms with van der Waals surface area (Å²) in [6.45, 7) is 39.2. The molecule has 48 heavy (non-hydrogen) atoms. The molecule has 4 unspecified atom stereocenters. The number of esters is 1. The molecular formula is C41H77N3O4. The van der Waals surface area contributed by atoms with Crippen molar-refractivity contribution in [1.29, 1.82) is 0 Å². The van der Waals surface area contributed by atoms with Gasteiger partial charge in [-0.2, -0.15) is 5.06 Å². The van der Waals surface area contributed by atoms with Crippen molar-refractivity contribution >= 4 is 5.97 Å². The van der Waals surface area contributed by atoms with Crippen molar-refractivity contribution < 1.29 is 19.1 Å². The first-order valence-corrected chi connectivity index (χ1v) is 19.5. The molecule has 0 bridgehead atoms. The average molecular weight is 676 g/mol. The fraction of sp³-hybridized carbons (Fsp3) is 0.927. The van der Waals surface area contributed by atoms with Crippen LogP contribution < -0.4 is 0 Å². The summed E-state index contributed by atoms with van der Waals surface area (Å²) in [4.78, 5) is 25.5. The van der Waals surface area contributed by atoms with Crippen LogP contribution >= 0.6 is 0 Å². The first kappa shape index (κ1) is 41.4. The Balaban J connectivity index is 1.72. The molecule has 3 heterocycles. The van der Waals surface area contributed by atoms with Crippen molar-refractivity contribution in [2.24, 2.45) is 16.7 Å². The highest BCUT2D eigenvalue weighted by atomic mass is 16.7. The van der Waals surface area contributed by atoms with Crippen molar-refractivity contribution in [1.82, 2.24) is 14.9 Å². The van der Waals surface area contributed by atoms with Crippen LogP contribution in [0.5, 0.6) is 0 Å². The van der Waals surface area contributed by atoms with E-state index < -0.39 is 11.1 Å². The van der Waals surface area contributed by atoms with Gasteiger partial charge in [-0.15, -0.1) is 6.58 Å². The van der Waals surface area contributed by atoms with Crippen molar-refractivity contribution in [3.8, 4) is 0 Å². The number of unbranched alkanes of at least 4 members (excludes halogenated alkanes) is 1. The minimum atomic E-state index is -0.553. The van der Waals surface area contributed by atoms with Gasteiger partial charge < -0.3 is 9.47 Å². The number of allylic oxidation sites excluding steroid dienone is 1. The minimum absolute atomic E-state index is 0.0401. The molecule has 0 aliphatic carbocycles. The van der Waals surface area contributed by atoms with Gasteiger partial charge in [0.25, 0.3) is 0 Å². The van der Waals surface area contributed by atoms with Gasteiger partial charge in [-0.1, -0.05) is 53.5 Å². The lowest BCUT2D eigenvalue weighted by molar-refractivity contribution is -0.293. The number of carbonyl (C=O) groups excluding carboxylic acids is 1. The maximum Gasteiger partial charge on any atom is 0.311 e. The molecule has 0 N–H and O–H groups in total. The predicted molar refractivity (Wildman–Crippen MR) is 200 cm³/mol. The topological polar surface area (TPSA) is 54.5 Å². The number of hydrogen-bond donors (Lipinski definition) is 0. The molecule has 0 aromatic carbocycles. The van der Waals surface area contributed by atoms with E-state index in [0.29, 0.717) is 18.4 Å². The lowest BCUT2D eigenvalue weighted by Crippen LogP contribution is -2.64. The molecule has 3 aliphatic rings. The summed E-state index contributed by atoms with van der Waals surface area (Å²) in [5, 5.41) is 2.32. The van der Waals surface area contributed by atoms with Gasteiger partial charge >= 0.3 is 5.97 Å². The molecule has 0 aromatic heterocycles. The van der Waals surface area contributed by atoms with Crippen LogP contribution in [0.3, 0.4) is 0 Å². The number of rotatable bonds is 17. The number of piperidine rings is 2. The number of fused-ring (bicyclic) bond motifs is 1. The number of nitrogens with zero attached hydrogens (tertiary/aromatic N) is 3. The molecule has 0 spiro atoms. The lowest BCUT2D eigenvalue weighted by Gasteiger charge is -2.56. The van der Waals surface area contributed by atoms with Crippen LogP contribution in [-0.4, -0.2) is 87.7 Å². The Morgan fingerprint density at radius 1 is 1.00 bits per heavy atom. The predicted octanol–water partition coefficient (Wildman–Crippen LogP) is 9.40. The molecule has 0 aromatic rings. The van der Waals surface area contributed by atoms with Gasteiger partial charge in [-0.25, -0.2) is 0 Å². The van der Waals surface area contributed by atoms with E-state index in [1.54, 1.807) is 0 Å². The zero-order valence-electron chi connectivity index (χ0n) is 34.0. The lowest BCUT2D eigenvalue weighted by atomic mass is 9.72. The van der Waals surface area contributed by atoms with Gasteiger partial charge in [-0.3, -0.25) is 19.4 Å². The second-order valence-corrected chi connectivity index (χ2v) is 19.5. The molecule has 7 nitrogen and oxygen atoms in total. The third-order valence-corrected chi connectivity index (χ3v) is 11.7. The van der Waals surface area contributed by atoms with Crippen LogP contribution in [0.1, 0.15) is 161 Å². The van der Waals surface area contributed by atoms with Crippen LogP contribution in [0.25, 0.3) is 0 Å². The highest BCUT2D eigenvalue weighted by Gasteiger charge is 2.56. The largest absolute Gasteiger partial charge is 0.462 e. The molecule has 3 fully saturated rings. The molecule has 3 aliphatic heterocycles. The third kappa shape index (κ3) is 10.3. The first-order valence-electron chi connectivity index (χ1n) is 19.5. The molecule has 3 saturated heterocycles. The van der Waals surface area contributed by atoms with Gasteiger partial charge in [0.2, 0.25) is 0 Å². The van der Waals surface area contributed by atoms with Crippen molar-refractivity contribution in [2.45, 2.75) is 202 Å². The number of ether oxygens (including phenoxy) is 2. The zero-order valence-corrected chi connectivity index (χ0v) is 34.0.